The van der Waals surface area contributed by atoms with Gasteiger partial charge in [-0.05, 0) is 33.5 Å². The van der Waals surface area contributed by atoms with Crippen molar-refractivity contribution < 1.29 is 4.74 Å². The Bertz CT molecular complexity index is 339. The maximum Gasteiger partial charge on any atom is 0.124 e. The fraction of sp³-hybridized carbons (Fsp3) is 0.600. The lowest BCUT2D eigenvalue weighted by molar-refractivity contribution is 0.239. The van der Waals surface area contributed by atoms with Gasteiger partial charge in [0.2, 0.25) is 0 Å². The van der Waals surface area contributed by atoms with Crippen LogP contribution in [0.15, 0.2) is 24.3 Å². The number of ether oxygens (including phenoxy) is 1. The van der Waals surface area contributed by atoms with E-state index in [1.54, 1.807) is 0 Å². The first-order valence-corrected chi connectivity index (χ1v) is 6.77. The maximum absolute atomic E-state index is 5.79. The molecule has 0 radical (unpaired) electrons. The molecule has 0 aliphatic heterocycles. The molecule has 0 unspecified atom stereocenters. The zero-order chi connectivity index (χ0) is 13.4. The maximum atomic E-state index is 5.79. The van der Waals surface area contributed by atoms with E-state index < -0.39 is 0 Å². The van der Waals surface area contributed by atoms with Crippen LogP contribution in [0.25, 0.3) is 0 Å². The zero-order valence-corrected chi connectivity index (χ0v) is 12.1. The summed E-state index contributed by atoms with van der Waals surface area (Å²) in [5.74, 6) is 0.990. The van der Waals surface area contributed by atoms with Crippen molar-refractivity contribution in [3.8, 4) is 5.75 Å². The molecular formula is C15H26N2O. The van der Waals surface area contributed by atoms with Gasteiger partial charge >= 0.3 is 0 Å². The van der Waals surface area contributed by atoms with Crippen LogP contribution >= 0.6 is 0 Å². The Balaban J connectivity index is 2.41. The highest BCUT2D eigenvalue weighted by molar-refractivity contribution is 5.33. The number of hydrogen-bond acceptors (Lipinski definition) is 3. The van der Waals surface area contributed by atoms with Crippen molar-refractivity contribution in [3.63, 3.8) is 0 Å². The molecule has 0 saturated heterocycles. The lowest BCUT2D eigenvalue weighted by Gasteiger charge is -2.16. The molecule has 0 amide bonds. The number of benzene rings is 1. The molecule has 0 fully saturated rings. The summed E-state index contributed by atoms with van der Waals surface area (Å²) < 4.78 is 5.79. The summed E-state index contributed by atoms with van der Waals surface area (Å²) in [6.07, 6.45) is 0.220. The van der Waals surface area contributed by atoms with E-state index in [-0.39, 0.29) is 6.10 Å². The van der Waals surface area contributed by atoms with Crippen molar-refractivity contribution >= 4 is 0 Å². The van der Waals surface area contributed by atoms with Crippen LogP contribution in [-0.2, 0) is 6.54 Å². The van der Waals surface area contributed by atoms with E-state index in [1.807, 2.05) is 12.1 Å². The third-order valence-corrected chi connectivity index (χ3v) is 2.86. The van der Waals surface area contributed by atoms with Gasteiger partial charge in [-0.2, -0.15) is 0 Å². The Morgan fingerprint density at radius 3 is 2.67 bits per heavy atom. The second kappa shape index (κ2) is 8.11. The van der Waals surface area contributed by atoms with Crippen LogP contribution in [0.4, 0.5) is 0 Å². The molecule has 102 valence electrons. The number of nitrogens with one attached hydrogen (secondary N) is 1. The number of nitrogens with zero attached hydrogens (tertiary/aromatic N) is 1. The van der Waals surface area contributed by atoms with Gasteiger partial charge in [0.15, 0.2) is 0 Å². The van der Waals surface area contributed by atoms with Gasteiger partial charge in [0.1, 0.15) is 5.75 Å². The van der Waals surface area contributed by atoms with E-state index in [1.165, 1.54) is 5.56 Å². The van der Waals surface area contributed by atoms with Crippen molar-refractivity contribution in [2.45, 2.75) is 33.4 Å². The predicted octanol–water partition coefficient (Wildman–Crippen LogP) is 2.52. The molecular weight excluding hydrogens is 224 g/mol. The van der Waals surface area contributed by atoms with Crippen molar-refractivity contribution in [2.75, 3.05) is 26.7 Å². The quantitative estimate of drug-likeness (QED) is 0.718. The summed E-state index contributed by atoms with van der Waals surface area (Å²) in [7, 11) is 2.14. The molecule has 1 rings (SSSR count). The van der Waals surface area contributed by atoms with Crippen LogP contribution in [0.1, 0.15) is 26.3 Å². The number of rotatable bonds is 8. The first kappa shape index (κ1) is 15.0. The van der Waals surface area contributed by atoms with Gasteiger partial charge in [0.05, 0.1) is 6.10 Å². The minimum absolute atomic E-state index is 0.220. The van der Waals surface area contributed by atoms with Gasteiger partial charge in [-0.15, -0.1) is 0 Å². The second-order valence-corrected chi connectivity index (χ2v) is 4.85. The summed E-state index contributed by atoms with van der Waals surface area (Å²) in [5.41, 5.74) is 1.23. The standard InChI is InChI=1S/C15H26N2O/c1-5-17(4)11-10-16-12-14-8-6-7-9-15(14)18-13(2)3/h6-9,13,16H,5,10-12H2,1-4H3. The molecule has 0 atom stereocenters. The summed E-state index contributed by atoms with van der Waals surface area (Å²) in [6.45, 7) is 10.3. The van der Waals surface area contributed by atoms with E-state index in [4.69, 9.17) is 4.74 Å². The van der Waals surface area contributed by atoms with Crippen LogP contribution < -0.4 is 10.1 Å². The normalized spacial score (nSPS) is 11.2. The van der Waals surface area contributed by atoms with Gasteiger partial charge < -0.3 is 15.0 Å². The van der Waals surface area contributed by atoms with Crippen LogP contribution in [0.2, 0.25) is 0 Å². The topological polar surface area (TPSA) is 24.5 Å². The SMILES string of the molecule is CCN(C)CCNCc1ccccc1OC(C)C. The van der Waals surface area contributed by atoms with Crippen molar-refractivity contribution in [1.82, 2.24) is 10.2 Å². The first-order chi connectivity index (χ1) is 8.63. The molecule has 0 bridgehead atoms. The molecule has 0 aliphatic rings. The van der Waals surface area contributed by atoms with E-state index in [9.17, 15) is 0 Å². The largest absolute Gasteiger partial charge is 0.491 e. The van der Waals surface area contributed by atoms with Crippen molar-refractivity contribution in [3.05, 3.63) is 29.8 Å². The minimum Gasteiger partial charge on any atom is -0.491 e. The molecule has 3 heteroatoms. The second-order valence-electron chi connectivity index (χ2n) is 4.85. The summed E-state index contributed by atoms with van der Waals surface area (Å²) in [4.78, 5) is 2.30. The molecule has 1 N–H and O–H groups in total. The minimum atomic E-state index is 0.220. The average Bonchev–Trinajstić information content (AvgIpc) is 2.35. The third-order valence-electron chi connectivity index (χ3n) is 2.86. The van der Waals surface area contributed by atoms with E-state index in [2.05, 4.69) is 50.2 Å². The fourth-order valence-corrected chi connectivity index (χ4v) is 1.67. The molecule has 18 heavy (non-hydrogen) atoms. The van der Waals surface area contributed by atoms with Crippen molar-refractivity contribution in [2.24, 2.45) is 0 Å². The molecule has 1 aromatic carbocycles. The molecule has 1 aromatic rings. The predicted molar refractivity (Wildman–Crippen MR) is 77.1 cm³/mol. The highest BCUT2D eigenvalue weighted by Crippen LogP contribution is 2.18. The highest BCUT2D eigenvalue weighted by Gasteiger charge is 2.04. The van der Waals surface area contributed by atoms with Gasteiger partial charge in [0.25, 0.3) is 0 Å². The summed E-state index contributed by atoms with van der Waals surface area (Å²) >= 11 is 0. The highest BCUT2D eigenvalue weighted by atomic mass is 16.5. The lowest BCUT2D eigenvalue weighted by atomic mass is 10.2. The molecule has 3 nitrogen and oxygen atoms in total. The molecule has 0 heterocycles. The van der Waals surface area contributed by atoms with Crippen LogP contribution in [0.3, 0.4) is 0 Å². The smallest absolute Gasteiger partial charge is 0.124 e. The molecule has 0 spiro atoms. The number of hydrogen-bond donors (Lipinski definition) is 1. The summed E-state index contributed by atoms with van der Waals surface area (Å²) in [6, 6.07) is 8.23. The van der Waals surface area contributed by atoms with Crippen molar-refractivity contribution in [1.29, 1.82) is 0 Å². The monoisotopic (exact) mass is 250 g/mol. The Kier molecular flexibility index (Phi) is 6.76. The Morgan fingerprint density at radius 1 is 1.28 bits per heavy atom. The average molecular weight is 250 g/mol. The molecule has 0 aliphatic carbocycles. The zero-order valence-electron chi connectivity index (χ0n) is 12.1. The van der Waals surface area contributed by atoms with Gasteiger partial charge in [-0.3, -0.25) is 0 Å². The summed E-state index contributed by atoms with van der Waals surface area (Å²) in [5, 5.41) is 3.46. The van der Waals surface area contributed by atoms with Gasteiger partial charge in [-0.25, -0.2) is 0 Å². The van der Waals surface area contributed by atoms with E-state index in [0.717, 1.165) is 31.9 Å². The Morgan fingerprint density at radius 2 is 2.00 bits per heavy atom. The van der Waals surface area contributed by atoms with E-state index in [0.29, 0.717) is 0 Å². The number of likely N-dealkylation sites (N-methyl/N-ethyl adjacent to an activating group) is 1. The van der Waals surface area contributed by atoms with Crippen LogP contribution in [-0.4, -0.2) is 37.7 Å². The third kappa shape index (κ3) is 5.52. The fourth-order valence-electron chi connectivity index (χ4n) is 1.67. The Hall–Kier alpha value is -1.06. The van der Waals surface area contributed by atoms with Crippen LogP contribution in [0.5, 0.6) is 5.75 Å². The number of para-hydroxylation sites is 1. The Labute approximate surface area is 111 Å². The molecule has 0 aromatic heterocycles. The van der Waals surface area contributed by atoms with Gasteiger partial charge in [-0.1, -0.05) is 25.1 Å². The van der Waals surface area contributed by atoms with Gasteiger partial charge in [0, 0.05) is 25.2 Å². The van der Waals surface area contributed by atoms with Crippen LogP contribution in [0, 0.1) is 0 Å². The van der Waals surface area contributed by atoms with E-state index >= 15 is 0 Å². The molecule has 0 saturated carbocycles. The lowest BCUT2D eigenvalue weighted by Crippen LogP contribution is -2.28. The first-order valence-electron chi connectivity index (χ1n) is 6.77.